The van der Waals surface area contributed by atoms with Crippen molar-refractivity contribution in [1.82, 2.24) is 4.90 Å². The lowest BCUT2D eigenvalue weighted by Gasteiger charge is -2.16. The Kier molecular flexibility index (Phi) is 4.25. The molecule has 1 aliphatic rings. The van der Waals surface area contributed by atoms with Crippen LogP contribution in [0.15, 0.2) is 36.4 Å². The minimum absolute atomic E-state index is 0.584. The molecule has 0 aromatic heterocycles. The Bertz CT molecular complexity index is 365. The van der Waals surface area contributed by atoms with Gasteiger partial charge in [0.15, 0.2) is 0 Å². The third kappa shape index (κ3) is 3.00. The van der Waals surface area contributed by atoms with Gasteiger partial charge in [0.1, 0.15) is 12.4 Å². The molecular weight excluding hydrogens is 222 g/mol. The Morgan fingerprint density at radius 3 is 3.06 bits per heavy atom. The highest BCUT2D eigenvalue weighted by molar-refractivity contribution is 6.18. The quantitative estimate of drug-likeness (QED) is 0.592. The Balaban J connectivity index is 2.02. The molecule has 1 aliphatic heterocycles. The van der Waals surface area contributed by atoms with Crippen LogP contribution in [0.25, 0.3) is 0 Å². The maximum atomic E-state index is 5.69. The minimum Gasteiger partial charge on any atom is -0.492 e. The highest BCUT2D eigenvalue weighted by Crippen LogP contribution is 2.22. The van der Waals surface area contributed by atoms with Crippen LogP contribution in [0, 0.1) is 0 Å². The van der Waals surface area contributed by atoms with Crippen molar-refractivity contribution in [3.8, 4) is 5.75 Å². The van der Waals surface area contributed by atoms with Gasteiger partial charge in [0, 0.05) is 31.1 Å². The first-order chi connectivity index (χ1) is 7.90. The summed E-state index contributed by atoms with van der Waals surface area (Å²) in [4.78, 5) is 2.36. The standard InChI is InChI=1S/C13H16ClNO/c14-7-3-4-8-15-9-10-16-13-6-2-1-5-12(13)11-15/h1-6H,7-11H2. The first-order valence-corrected chi connectivity index (χ1v) is 6.07. The van der Waals surface area contributed by atoms with Crippen molar-refractivity contribution in [2.24, 2.45) is 0 Å². The van der Waals surface area contributed by atoms with Gasteiger partial charge in [-0.15, -0.1) is 11.6 Å². The molecule has 0 bridgehead atoms. The molecule has 1 aromatic rings. The molecule has 0 amide bonds. The molecule has 1 aromatic carbocycles. The number of para-hydroxylation sites is 1. The predicted octanol–water partition coefficient (Wildman–Crippen LogP) is 2.68. The molecule has 0 unspecified atom stereocenters. The van der Waals surface area contributed by atoms with Crippen molar-refractivity contribution < 1.29 is 4.74 Å². The molecule has 1 heterocycles. The number of ether oxygens (including phenoxy) is 1. The van der Waals surface area contributed by atoms with E-state index in [0.29, 0.717) is 5.88 Å². The van der Waals surface area contributed by atoms with Crippen molar-refractivity contribution in [3.63, 3.8) is 0 Å². The second kappa shape index (κ2) is 5.92. The van der Waals surface area contributed by atoms with Crippen molar-refractivity contribution in [1.29, 1.82) is 0 Å². The van der Waals surface area contributed by atoms with E-state index in [1.165, 1.54) is 5.56 Å². The largest absolute Gasteiger partial charge is 0.492 e. The average molecular weight is 238 g/mol. The van der Waals surface area contributed by atoms with Gasteiger partial charge in [-0.25, -0.2) is 0 Å². The van der Waals surface area contributed by atoms with Crippen molar-refractivity contribution >= 4 is 11.6 Å². The second-order valence-electron chi connectivity index (χ2n) is 3.82. The molecule has 0 saturated carbocycles. The van der Waals surface area contributed by atoms with E-state index in [4.69, 9.17) is 16.3 Å². The van der Waals surface area contributed by atoms with Crippen LogP contribution in [0.5, 0.6) is 5.75 Å². The Morgan fingerprint density at radius 2 is 2.19 bits per heavy atom. The van der Waals surface area contributed by atoms with Gasteiger partial charge in [0.2, 0.25) is 0 Å². The van der Waals surface area contributed by atoms with Crippen LogP contribution in [0.3, 0.4) is 0 Å². The number of nitrogens with zero attached hydrogens (tertiary/aromatic N) is 1. The molecule has 0 spiro atoms. The summed E-state index contributed by atoms with van der Waals surface area (Å²) in [5.74, 6) is 1.60. The summed E-state index contributed by atoms with van der Waals surface area (Å²) < 4.78 is 5.69. The number of alkyl halides is 1. The Morgan fingerprint density at radius 1 is 1.31 bits per heavy atom. The average Bonchev–Trinajstić information content (AvgIpc) is 2.51. The Labute approximate surface area is 101 Å². The topological polar surface area (TPSA) is 12.5 Å². The first kappa shape index (κ1) is 11.5. The fourth-order valence-electron chi connectivity index (χ4n) is 1.82. The molecule has 0 saturated heterocycles. The van der Waals surface area contributed by atoms with Gasteiger partial charge in [-0.05, 0) is 6.07 Å². The molecular formula is C13H16ClNO. The number of halogens is 1. The summed E-state index contributed by atoms with van der Waals surface area (Å²) in [5, 5.41) is 0. The van der Waals surface area contributed by atoms with Gasteiger partial charge in [0.25, 0.3) is 0 Å². The van der Waals surface area contributed by atoms with Crippen molar-refractivity contribution in [3.05, 3.63) is 42.0 Å². The zero-order valence-electron chi connectivity index (χ0n) is 9.23. The number of benzene rings is 1. The summed E-state index contributed by atoms with van der Waals surface area (Å²) >= 11 is 5.60. The monoisotopic (exact) mass is 237 g/mol. The van der Waals surface area contributed by atoms with E-state index in [0.717, 1.165) is 32.0 Å². The fraction of sp³-hybridized carbons (Fsp3) is 0.385. The van der Waals surface area contributed by atoms with Crippen molar-refractivity contribution in [2.45, 2.75) is 6.54 Å². The van der Waals surface area contributed by atoms with E-state index in [1.54, 1.807) is 0 Å². The van der Waals surface area contributed by atoms with E-state index in [9.17, 15) is 0 Å². The van der Waals surface area contributed by atoms with E-state index in [1.807, 2.05) is 18.2 Å². The molecule has 0 N–H and O–H groups in total. The number of allylic oxidation sites excluding steroid dienone is 1. The van der Waals surface area contributed by atoms with E-state index >= 15 is 0 Å². The van der Waals surface area contributed by atoms with Crippen LogP contribution in [0.2, 0.25) is 0 Å². The van der Waals surface area contributed by atoms with Crippen molar-refractivity contribution in [2.75, 3.05) is 25.6 Å². The maximum Gasteiger partial charge on any atom is 0.123 e. The lowest BCUT2D eigenvalue weighted by Crippen LogP contribution is -2.25. The Hall–Kier alpha value is -0.990. The molecule has 86 valence electrons. The van der Waals surface area contributed by atoms with Gasteiger partial charge in [-0.3, -0.25) is 4.90 Å². The minimum atomic E-state index is 0.584. The lowest BCUT2D eigenvalue weighted by molar-refractivity contribution is 0.242. The van der Waals surface area contributed by atoms with Gasteiger partial charge >= 0.3 is 0 Å². The van der Waals surface area contributed by atoms with Crippen LogP contribution < -0.4 is 4.74 Å². The SMILES string of the molecule is ClCC=CCN1CCOc2ccccc2C1. The number of fused-ring (bicyclic) bond motifs is 1. The summed E-state index contributed by atoms with van der Waals surface area (Å²) in [6, 6.07) is 8.23. The van der Waals surface area contributed by atoms with Crippen LogP contribution in [0.4, 0.5) is 0 Å². The van der Waals surface area contributed by atoms with E-state index in [-0.39, 0.29) is 0 Å². The summed E-state index contributed by atoms with van der Waals surface area (Å²) in [6.07, 6.45) is 4.10. The van der Waals surface area contributed by atoms with Crippen LogP contribution >= 0.6 is 11.6 Å². The zero-order chi connectivity index (χ0) is 11.2. The summed E-state index contributed by atoms with van der Waals surface area (Å²) in [5.41, 5.74) is 1.26. The summed E-state index contributed by atoms with van der Waals surface area (Å²) in [7, 11) is 0. The molecule has 16 heavy (non-hydrogen) atoms. The molecule has 0 atom stereocenters. The van der Waals surface area contributed by atoms with Gasteiger partial charge in [0.05, 0.1) is 0 Å². The van der Waals surface area contributed by atoms with E-state index in [2.05, 4.69) is 23.1 Å². The number of rotatable bonds is 3. The number of hydrogen-bond donors (Lipinski definition) is 0. The molecule has 0 fully saturated rings. The van der Waals surface area contributed by atoms with Crippen LogP contribution in [-0.4, -0.2) is 30.5 Å². The highest BCUT2D eigenvalue weighted by Gasteiger charge is 2.12. The third-order valence-electron chi connectivity index (χ3n) is 2.65. The van der Waals surface area contributed by atoms with Gasteiger partial charge in [-0.1, -0.05) is 30.4 Å². The van der Waals surface area contributed by atoms with E-state index < -0.39 is 0 Å². The lowest BCUT2D eigenvalue weighted by atomic mass is 10.2. The number of hydrogen-bond acceptors (Lipinski definition) is 2. The molecule has 2 rings (SSSR count). The van der Waals surface area contributed by atoms with Gasteiger partial charge in [-0.2, -0.15) is 0 Å². The van der Waals surface area contributed by atoms with Gasteiger partial charge < -0.3 is 4.74 Å². The maximum absolute atomic E-state index is 5.69. The fourth-order valence-corrected chi connectivity index (χ4v) is 1.95. The predicted molar refractivity (Wildman–Crippen MR) is 67.1 cm³/mol. The zero-order valence-corrected chi connectivity index (χ0v) is 9.99. The molecule has 2 nitrogen and oxygen atoms in total. The third-order valence-corrected chi connectivity index (χ3v) is 2.83. The second-order valence-corrected chi connectivity index (χ2v) is 4.13. The van der Waals surface area contributed by atoms with Crippen LogP contribution in [0.1, 0.15) is 5.56 Å². The summed E-state index contributed by atoms with van der Waals surface area (Å²) in [6.45, 7) is 3.60. The molecule has 0 radical (unpaired) electrons. The van der Waals surface area contributed by atoms with Crippen LogP contribution in [-0.2, 0) is 6.54 Å². The molecule has 0 aliphatic carbocycles. The highest BCUT2D eigenvalue weighted by atomic mass is 35.5. The normalized spacial score (nSPS) is 16.8. The smallest absolute Gasteiger partial charge is 0.123 e. The first-order valence-electron chi connectivity index (χ1n) is 5.54. The molecule has 3 heteroatoms.